The van der Waals surface area contributed by atoms with Crippen molar-refractivity contribution in [2.45, 2.75) is 31.8 Å². The van der Waals surface area contributed by atoms with Gasteiger partial charge in [-0.05, 0) is 33.4 Å². The van der Waals surface area contributed by atoms with Gasteiger partial charge < -0.3 is 5.32 Å². The highest BCUT2D eigenvalue weighted by molar-refractivity contribution is 7.09. The lowest BCUT2D eigenvalue weighted by Crippen LogP contribution is -2.45. The quantitative estimate of drug-likeness (QED) is 0.851. The molecule has 1 aliphatic rings. The second-order valence-electron chi connectivity index (χ2n) is 4.21. The van der Waals surface area contributed by atoms with Gasteiger partial charge >= 0.3 is 0 Å². The van der Waals surface area contributed by atoms with Crippen LogP contribution in [-0.4, -0.2) is 36.1 Å². The molecule has 2 rings (SSSR count). The van der Waals surface area contributed by atoms with Gasteiger partial charge in [0.15, 0.2) is 0 Å². The van der Waals surface area contributed by atoms with E-state index in [2.05, 4.69) is 34.6 Å². The number of piperidine rings is 1. The van der Waals surface area contributed by atoms with Crippen LogP contribution in [0, 0.1) is 0 Å². The number of rotatable bonds is 3. The highest BCUT2D eigenvalue weighted by atomic mass is 32.1. The molecule has 1 saturated heterocycles. The Morgan fingerprint density at radius 3 is 3.13 bits per heavy atom. The fourth-order valence-electron chi connectivity index (χ4n) is 2.11. The van der Waals surface area contributed by atoms with E-state index in [4.69, 9.17) is 0 Å². The number of thiazole rings is 1. The molecular formula is C11H19N3S. The van der Waals surface area contributed by atoms with Crippen LogP contribution in [0.4, 0.5) is 0 Å². The minimum absolute atomic E-state index is 0.440. The first-order valence-corrected chi connectivity index (χ1v) is 6.49. The van der Waals surface area contributed by atoms with Crippen LogP contribution in [0.2, 0.25) is 0 Å². The third kappa shape index (κ3) is 2.56. The highest BCUT2D eigenvalue weighted by Crippen LogP contribution is 2.24. The van der Waals surface area contributed by atoms with Gasteiger partial charge in [-0.2, -0.15) is 0 Å². The van der Waals surface area contributed by atoms with Crippen LogP contribution in [0.3, 0.4) is 0 Å². The third-order valence-electron chi connectivity index (χ3n) is 3.27. The summed E-state index contributed by atoms with van der Waals surface area (Å²) in [5.41, 5.74) is 0. The van der Waals surface area contributed by atoms with Gasteiger partial charge in [0.2, 0.25) is 0 Å². The van der Waals surface area contributed by atoms with Crippen molar-refractivity contribution in [3.05, 3.63) is 16.6 Å². The van der Waals surface area contributed by atoms with E-state index in [0.717, 1.165) is 6.54 Å². The second kappa shape index (κ2) is 5.05. The van der Waals surface area contributed by atoms with Crippen LogP contribution < -0.4 is 5.32 Å². The zero-order chi connectivity index (χ0) is 10.7. The molecule has 1 aromatic heterocycles. The van der Waals surface area contributed by atoms with Crippen molar-refractivity contribution in [1.82, 2.24) is 15.2 Å². The zero-order valence-electron chi connectivity index (χ0n) is 9.44. The van der Waals surface area contributed by atoms with Gasteiger partial charge in [0.05, 0.1) is 6.04 Å². The summed E-state index contributed by atoms with van der Waals surface area (Å²) in [6, 6.07) is 1.10. The Bertz CT molecular complexity index is 280. The lowest BCUT2D eigenvalue weighted by atomic mass is 10.1. The number of likely N-dealkylation sites (N-methyl/N-ethyl adjacent to an activating group) is 1. The fraction of sp³-hybridized carbons (Fsp3) is 0.727. The summed E-state index contributed by atoms with van der Waals surface area (Å²) in [5, 5.41) is 6.74. The van der Waals surface area contributed by atoms with Crippen molar-refractivity contribution in [2.24, 2.45) is 0 Å². The molecule has 15 heavy (non-hydrogen) atoms. The second-order valence-corrected chi connectivity index (χ2v) is 5.14. The predicted molar refractivity (Wildman–Crippen MR) is 64.2 cm³/mol. The molecule has 0 radical (unpaired) electrons. The molecule has 0 unspecified atom stereocenters. The van der Waals surface area contributed by atoms with Crippen molar-refractivity contribution in [3.63, 3.8) is 0 Å². The maximum absolute atomic E-state index is 4.39. The summed E-state index contributed by atoms with van der Waals surface area (Å²) >= 11 is 1.75. The van der Waals surface area contributed by atoms with E-state index in [0.29, 0.717) is 12.1 Å². The van der Waals surface area contributed by atoms with Crippen LogP contribution in [0.25, 0.3) is 0 Å². The SMILES string of the molecule is C[C@H](c1nccs1)N(C)[C@H]1CCCNC1. The van der Waals surface area contributed by atoms with E-state index in [9.17, 15) is 0 Å². The minimum Gasteiger partial charge on any atom is -0.315 e. The van der Waals surface area contributed by atoms with E-state index >= 15 is 0 Å². The summed E-state index contributed by atoms with van der Waals surface area (Å²) in [6.45, 7) is 4.54. The number of nitrogens with zero attached hydrogens (tertiary/aromatic N) is 2. The molecule has 0 spiro atoms. The molecule has 1 aliphatic heterocycles. The average Bonchev–Trinajstić information content (AvgIpc) is 2.82. The fourth-order valence-corrected chi connectivity index (χ4v) is 2.86. The van der Waals surface area contributed by atoms with Crippen molar-refractivity contribution in [2.75, 3.05) is 20.1 Å². The number of hydrogen-bond donors (Lipinski definition) is 1. The molecule has 0 saturated carbocycles. The Labute approximate surface area is 95.5 Å². The Balaban J connectivity index is 1.97. The summed E-state index contributed by atoms with van der Waals surface area (Å²) in [4.78, 5) is 6.84. The lowest BCUT2D eigenvalue weighted by Gasteiger charge is -2.35. The van der Waals surface area contributed by atoms with E-state index in [1.165, 1.54) is 24.4 Å². The summed E-state index contributed by atoms with van der Waals surface area (Å²) in [7, 11) is 2.21. The van der Waals surface area contributed by atoms with E-state index in [1.807, 2.05) is 6.20 Å². The Hall–Kier alpha value is -0.450. The van der Waals surface area contributed by atoms with Gasteiger partial charge in [0, 0.05) is 24.2 Å². The Morgan fingerprint density at radius 2 is 2.53 bits per heavy atom. The predicted octanol–water partition coefficient (Wildman–Crippen LogP) is 1.89. The van der Waals surface area contributed by atoms with Crippen molar-refractivity contribution in [3.8, 4) is 0 Å². The van der Waals surface area contributed by atoms with E-state index < -0.39 is 0 Å². The zero-order valence-corrected chi connectivity index (χ0v) is 10.3. The molecule has 0 bridgehead atoms. The van der Waals surface area contributed by atoms with Gasteiger partial charge in [-0.3, -0.25) is 4.90 Å². The summed E-state index contributed by atoms with van der Waals surface area (Å²) in [6.07, 6.45) is 4.49. The normalized spacial score (nSPS) is 24.3. The van der Waals surface area contributed by atoms with E-state index in [1.54, 1.807) is 11.3 Å². The monoisotopic (exact) mass is 225 g/mol. The number of hydrogen-bond acceptors (Lipinski definition) is 4. The molecule has 1 N–H and O–H groups in total. The van der Waals surface area contributed by atoms with Gasteiger partial charge in [0.1, 0.15) is 5.01 Å². The molecule has 0 amide bonds. The largest absolute Gasteiger partial charge is 0.315 e. The minimum atomic E-state index is 0.440. The van der Waals surface area contributed by atoms with Crippen LogP contribution in [-0.2, 0) is 0 Å². The first kappa shape index (κ1) is 11.0. The van der Waals surface area contributed by atoms with Crippen LogP contribution >= 0.6 is 11.3 Å². The van der Waals surface area contributed by atoms with Crippen LogP contribution in [0.15, 0.2) is 11.6 Å². The topological polar surface area (TPSA) is 28.2 Å². The molecule has 0 aromatic carbocycles. The third-order valence-corrected chi connectivity index (χ3v) is 4.21. The summed E-state index contributed by atoms with van der Waals surface area (Å²) < 4.78 is 0. The highest BCUT2D eigenvalue weighted by Gasteiger charge is 2.23. The van der Waals surface area contributed by atoms with Gasteiger partial charge in [0.25, 0.3) is 0 Å². The van der Waals surface area contributed by atoms with Crippen LogP contribution in [0.5, 0.6) is 0 Å². The van der Waals surface area contributed by atoms with Crippen molar-refractivity contribution in [1.29, 1.82) is 0 Å². The molecule has 2 heterocycles. The number of nitrogens with one attached hydrogen (secondary N) is 1. The molecule has 84 valence electrons. The molecule has 1 fully saturated rings. The lowest BCUT2D eigenvalue weighted by molar-refractivity contribution is 0.156. The molecule has 3 nitrogen and oxygen atoms in total. The molecule has 4 heteroatoms. The first-order chi connectivity index (χ1) is 7.29. The summed E-state index contributed by atoms with van der Waals surface area (Å²) in [5.74, 6) is 0. The van der Waals surface area contributed by atoms with Crippen molar-refractivity contribution < 1.29 is 0 Å². The average molecular weight is 225 g/mol. The Kier molecular flexibility index (Phi) is 3.72. The van der Waals surface area contributed by atoms with Crippen molar-refractivity contribution >= 4 is 11.3 Å². The smallest absolute Gasteiger partial charge is 0.109 e. The number of aromatic nitrogens is 1. The molecule has 0 aliphatic carbocycles. The maximum Gasteiger partial charge on any atom is 0.109 e. The van der Waals surface area contributed by atoms with E-state index in [-0.39, 0.29) is 0 Å². The van der Waals surface area contributed by atoms with Crippen LogP contribution in [0.1, 0.15) is 30.8 Å². The van der Waals surface area contributed by atoms with Gasteiger partial charge in [-0.1, -0.05) is 0 Å². The van der Waals surface area contributed by atoms with Gasteiger partial charge in [-0.15, -0.1) is 11.3 Å². The molecule has 2 atom stereocenters. The maximum atomic E-state index is 4.39. The molecule has 1 aromatic rings. The first-order valence-electron chi connectivity index (χ1n) is 5.61. The molecular weight excluding hydrogens is 206 g/mol. The standard InChI is InChI=1S/C11H19N3S/c1-9(11-13-6-7-15-11)14(2)10-4-3-5-12-8-10/h6-7,9-10,12H,3-5,8H2,1-2H3/t9-,10+/m1/s1. The van der Waals surface area contributed by atoms with Gasteiger partial charge in [-0.25, -0.2) is 4.98 Å². The Morgan fingerprint density at radius 1 is 1.67 bits per heavy atom.